The smallest absolute Gasteiger partial charge is 0.337 e. The lowest BCUT2D eigenvalue weighted by Gasteiger charge is -2.02. The van der Waals surface area contributed by atoms with Crippen LogP contribution in [0.4, 0.5) is 0 Å². The summed E-state index contributed by atoms with van der Waals surface area (Å²) in [7, 11) is 0. The normalized spacial score (nSPS) is 9.75. The second-order valence-electron chi connectivity index (χ2n) is 2.85. The molecular weight excluding hydrogens is 210 g/mol. The first-order valence-electron chi connectivity index (χ1n) is 4.39. The van der Waals surface area contributed by atoms with E-state index in [1.165, 1.54) is 30.9 Å². The number of aromatic nitrogens is 3. The molecule has 0 aromatic carbocycles. The van der Waals surface area contributed by atoms with Crippen LogP contribution in [0.15, 0.2) is 36.9 Å². The number of nitrogens with zero attached hydrogens (tertiary/aromatic N) is 3. The average Bonchev–Trinajstić information content (AvgIpc) is 2.30. The Hall–Kier alpha value is -2.50. The van der Waals surface area contributed by atoms with Gasteiger partial charge in [-0.15, -0.1) is 0 Å². The molecule has 0 radical (unpaired) electrons. The van der Waals surface area contributed by atoms with E-state index in [2.05, 4.69) is 15.0 Å². The minimum absolute atomic E-state index is 0.0495. The summed E-state index contributed by atoms with van der Waals surface area (Å²) in [5.41, 5.74) is 0.0495. The summed E-state index contributed by atoms with van der Waals surface area (Å²) in [5.74, 6) is -0.780. The van der Waals surface area contributed by atoms with Crippen molar-refractivity contribution in [1.29, 1.82) is 0 Å². The van der Waals surface area contributed by atoms with Gasteiger partial charge in [-0.1, -0.05) is 0 Å². The molecule has 80 valence electrons. The zero-order valence-corrected chi connectivity index (χ0v) is 8.07. The van der Waals surface area contributed by atoms with Crippen LogP contribution in [0.3, 0.4) is 0 Å². The molecule has 2 rings (SSSR count). The largest absolute Gasteiger partial charge is 0.478 e. The van der Waals surface area contributed by atoms with E-state index in [0.717, 1.165) is 0 Å². The van der Waals surface area contributed by atoms with Gasteiger partial charge in [0, 0.05) is 18.6 Å². The molecule has 0 spiro atoms. The number of rotatable bonds is 3. The predicted octanol–water partition coefficient (Wildman–Crippen LogP) is 1.36. The lowest BCUT2D eigenvalue weighted by Crippen LogP contribution is -1.98. The molecule has 0 aliphatic rings. The monoisotopic (exact) mass is 217 g/mol. The highest BCUT2D eigenvalue weighted by atomic mass is 16.5. The van der Waals surface area contributed by atoms with Crippen LogP contribution in [-0.4, -0.2) is 26.0 Å². The molecule has 0 saturated heterocycles. The van der Waals surface area contributed by atoms with Gasteiger partial charge in [0.2, 0.25) is 0 Å². The van der Waals surface area contributed by atoms with Crippen molar-refractivity contribution in [2.45, 2.75) is 0 Å². The fourth-order valence-electron chi connectivity index (χ4n) is 1.04. The van der Waals surface area contributed by atoms with Gasteiger partial charge in [0.1, 0.15) is 5.75 Å². The molecule has 2 aromatic rings. The number of hydrogen-bond donors (Lipinski definition) is 1. The third-order valence-corrected chi connectivity index (χ3v) is 1.71. The Kier molecular flexibility index (Phi) is 2.73. The molecule has 6 nitrogen and oxygen atoms in total. The number of aromatic carboxylic acids is 1. The molecule has 2 heterocycles. The Bertz CT molecular complexity index is 502. The Labute approximate surface area is 90.6 Å². The van der Waals surface area contributed by atoms with Gasteiger partial charge in [-0.05, 0) is 12.1 Å². The summed E-state index contributed by atoms with van der Waals surface area (Å²) >= 11 is 0. The first-order chi connectivity index (χ1) is 7.75. The maximum atomic E-state index is 10.7. The van der Waals surface area contributed by atoms with Crippen LogP contribution in [0.1, 0.15) is 10.4 Å². The highest BCUT2D eigenvalue weighted by Crippen LogP contribution is 2.16. The summed E-state index contributed by atoms with van der Waals surface area (Å²) in [4.78, 5) is 22.1. The number of hydrogen-bond acceptors (Lipinski definition) is 5. The molecule has 0 atom stereocenters. The van der Waals surface area contributed by atoms with Crippen LogP contribution < -0.4 is 4.74 Å². The van der Waals surface area contributed by atoms with E-state index in [4.69, 9.17) is 9.84 Å². The van der Waals surface area contributed by atoms with E-state index in [9.17, 15) is 4.79 Å². The van der Waals surface area contributed by atoms with Crippen molar-refractivity contribution in [2.75, 3.05) is 0 Å². The molecule has 6 heteroatoms. The quantitative estimate of drug-likeness (QED) is 0.835. The molecule has 16 heavy (non-hydrogen) atoms. The third-order valence-electron chi connectivity index (χ3n) is 1.71. The molecule has 2 aromatic heterocycles. The van der Waals surface area contributed by atoms with E-state index in [-0.39, 0.29) is 17.3 Å². The van der Waals surface area contributed by atoms with Gasteiger partial charge in [0.15, 0.2) is 0 Å². The first kappa shape index (κ1) is 10.0. The number of ether oxygens (including phenoxy) is 1. The van der Waals surface area contributed by atoms with Crippen LogP contribution in [0, 0.1) is 0 Å². The molecule has 0 unspecified atom stereocenters. The molecule has 0 bridgehead atoms. The maximum Gasteiger partial charge on any atom is 0.337 e. The Morgan fingerprint density at radius 2 is 2.00 bits per heavy atom. The van der Waals surface area contributed by atoms with E-state index in [1.54, 1.807) is 6.07 Å². The van der Waals surface area contributed by atoms with Crippen molar-refractivity contribution in [3.63, 3.8) is 0 Å². The summed E-state index contributed by atoms with van der Waals surface area (Å²) in [5, 5.41) is 8.75. The van der Waals surface area contributed by atoms with Gasteiger partial charge in [-0.3, -0.25) is 4.98 Å². The van der Waals surface area contributed by atoms with Crippen molar-refractivity contribution in [3.05, 3.63) is 42.5 Å². The number of pyridine rings is 1. The van der Waals surface area contributed by atoms with Crippen molar-refractivity contribution in [2.24, 2.45) is 0 Å². The number of carboxylic acid groups (broad SMARTS) is 1. The van der Waals surface area contributed by atoms with Gasteiger partial charge in [0.25, 0.3) is 0 Å². The van der Waals surface area contributed by atoms with Gasteiger partial charge in [-0.2, -0.15) is 0 Å². The van der Waals surface area contributed by atoms with Crippen LogP contribution in [0.5, 0.6) is 11.8 Å². The van der Waals surface area contributed by atoms with Crippen LogP contribution in [-0.2, 0) is 0 Å². The lowest BCUT2D eigenvalue weighted by molar-refractivity contribution is 0.0696. The first-order valence-corrected chi connectivity index (χ1v) is 4.39. The molecule has 1 N–H and O–H groups in total. The van der Waals surface area contributed by atoms with Crippen molar-refractivity contribution >= 4 is 5.97 Å². The van der Waals surface area contributed by atoms with Crippen molar-refractivity contribution < 1.29 is 14.6 Å². The lowest BCUT2D eigenvalue weighted by atomic mass is 10.3. The highest BCUT2D eigenvalue weighted by Gasteiger charge is 2.06. The average molecular weight is 217 g/mol. The molecular formula is C10H7N3O3. The SMILES string of the molecule is O=C(O)c1cncc(Oc2ncccn2)c1. The van der Waals surface area contributed by atoms with Crippen molar-refractivity contribution in [3.8, 4) is 11.8 Å². The summed E-state index contributed by atoms with van der Waals surface area (Å²) in [6.07, 6.45) is 5.68. The minimum Gasteiger partial charge on any atom is -0.478 e. The van der Waals surface area contributed by atoms with Crippen LogP contribution in [0.2, 0.25) is 0 Å². The summed E-state index contributed by atoms with van der Waals surface area (Å²) in [6.45, 7) is 0. The second kappa shape index (κ2) is 4.35. The second-order valence-corrected chi connectivity index (χ2v) is 2.85. The minimum atomic E-state index is -1.06. The van der Waals surface area contributed by atoms with Gasteiger partial charge in [-0.25, -0.2) is 14.8 Å². The topological polar surface area (TPSA) is 85.2 Å². The number of carboxylic acids is 1. The van der Waals surface area contributed by atoms with Gasteiger partial charge in [0.05, 0.1) is 11.8 Å². The predicted molar refractivity (Wildman–Crippen MR) is 53.3 cm³/mol. The maximum absolute atomic E-state index is 10.7. The van der Waals surface area contributed by atoms with E-state index in [1.807, 2.05) is 0 Å². The van der Waals surface area contributed by atoms with E-state index < -0.39 is 5.97 Å². The van der Waals surface area contributed by atoms with Gasteiger partial charge < -0.3 is 9.84 Å². The highest BCUT2D eigenvalue weighted by molar-refractivity contribution is 5.87. The molecule has 0 amide bonds. The zero-order valence-electron chi connectivity index (χ0n) is 8.07. The van der Waals surface area contributed by atoms with E-state index >= 15 is 0 Å². The van der Waals surface area contributed by atoms with Crippen LogP contribution >= 0.6 is 0 Å². The van der Waals surface area contributed by atoms with Crippen molar-refractivity contribution in [1.82, 2.24) is 15.0 Å². The Morgan fingerprint density at radius 1 is 1.25 bits per heavy atom. The van der Waals surface area contributed by atoms with Gasteiger partial charge >= 0.3 is 12.0 Å². The third kappa shape index (κ3) is 2.30. The standard InChI is InChI=1S/C10H7N3O3/c14-9(15)7-4-8(6-11-5-7)16-10-12-2-1-3-13-10/h1-6H,(H,14,15). The Morgan fingerprint density at radius 3 is 2.69 bits per heavy atom. The molecule has 0 aliphatic heterocycles. The molecule has 0 aliphatic carbocycles. The molecule has 0 fully saturated rings. The fraction of sp³-hybridized carbons (Fsp3) is 0. The van der Waals surface area contributed by atoms with Crippen LogP contribution in [0.25, 0.3) is 0 Å². The van der Waals surface area contributed by atoms with E-state index in [0.29, 0.717) is 0 Å². The Balaban J connectivity index is 2.22. The summed E-state index contributed by atoms with van der Waals surface area (Å²) in [6, 6.07) is 3.15. The fourth-order valence-corrected chi connectivity index (χ4v) is 1.04. The number of carbonyl (C=O) groups is 1. The molecule has 0 saturated carbocycles. The zero-order chi connectivity index (χ0) is 11.4. The summed E-state index contributed by atoms with van der Waals surface area (Å²) < 4.78 is 5.22.